The van der Waals surface area contributed by atoms with E-state index in [1.807, 2.05) is 7.05 Å². The van der Waals surface area contributed by atoms with Crippen molar-refractivity contribution in [3.8, 4) is 0 Å². The van der Waals surface area contributed by atoms with E-state index in [1.165, 1.54) is 11.1 Å². The molecule has 0 spiro atoms. The van der Waals surface area contributed by atoms with Crippen LogP contribution in [0.25, 0.3) is 0 Å². The van der Waals surface area contributed by atoms with E-state index < -0.39 is 0 Å². The molecule has 1 fully saturated rings. The lowest BCUT2D eigenvalue weighted by atomic mass is 9.92. The molecule has 5 nitrogen and oxygen atoms in total. The molecule has 30 heavy (non-hydrogen) atoms. The molecule has 1 saturated heterocycles. The monoisotopic (exact) mass is 523 g/mol. The van der Waals surface area contributed by atoms with Crippen LogP contribution in [-0.4, -0.2) is 52.0 Å². The SMILES string of the molecule is CN=C(NCC(Cc1ccccc1)c1ccccc1)NCC1(OC)CCOCC1.I. The minimum absolute atomic E-state index is 0. The predicted molar refractivity (Wildman–Crippen MR) is 134 cm³/mol. The number of ether oxygens (including phenoxy) is 2. The standard InChI is InChI=1S/C24H33N3O2.HI/c1-25-23(27-19-24(28-2)13-15-29-16-14-24)26-18-22(21-11-7-4-8-12-21)17-20-9-5-3-6-10-20;/h3-12,22H,13-19H2,1-2H3,(H2,25,26,27);1H. The van der Waals surface area contributed by atoms with Gasteiger partial charge in [-0.05, 0) is 17.5 Å². The van der Waals surface area contributed by atoms with Crippen LogP contribution in [0.2, 0.25) is 0 Å². The number of halogens is 1. The van der Waals surface area contributed by atoms with E-state index in [4.69, 9.17) is 9.47 Å². The maximum Gasteiger partial charge on any atom is 0.191 e. The van der Waals surface area contributed by atoms with Crippen molar-refractivity contribution in [2.75, 3.05) is 40.5 Å². The van der Waals surface area contributed by atoms with Crippen LogP contribution in [0.15, 0.2) is 65.7 Å². The number of guanidine groups is 1. The Morgan fingerprint density at radius 1 is 1.03 bits per heavy atom. The van der Waals surface area contributed by atoms with Crippen LogP contribution in [0.5, 0.6) is 0 Å². The Morgan fingerprint density at radius 2 is 1.67 bits per heavy atom. The first-order chi connectivity index (χ1) is 14.2. The molecule has 164 valence electrons. The summed E-state index contributed by atoms with van der Waals surface area (Å²) in [6.45, 7) is 3.02. The Labute approximate surface area is 197 Å². The van der Waals surface area contributed by atoms with Gasteiger partial charge in [0.05, 0.1) is 5.60 Å². The topological polar surface area (TPSA) is 54.9 Å². The summed E-state index contributed by atoms with van der Waals surface area (Å²) in [7, 11) is 3.60. The van der Waals surface area contributed by atoms with Crippen molar-refractivity contribution in [1.82, 2.24) is 10.6 Å². The second-order valence-electron chi connectivity index (χ2n) is 7.60. The molecule has 1 aliphatic heterocycles. The first-order valence-corrected chi connectivity index (χ1v) is 10.4. The van der Waals surface area contributed by atoms with Crippen LogP contribution in [0.4, 0.5) is 0 Å². The zero-order chi connectivity index (χ0) is 20.4. The molecule has 0 amide bonds. The van der Waals surface area contributed by atoms with Gasteiger partial charge in [-0.3, -0.25) is 4.99 Å². The fraction of sp³-hybridized carbons (Fsp3) is 0.458. The van der Waals surface area contributed by atoms with Gasteiger partial charge in [-0.2, -0.15) is 0 Å². The van der Waals surface area contributed by atoms with Gasteiger partial charge in [-0.25, -0.2) is 0 Å². The highest BCUT2D eigenvalue weighted by molar-refractivity contribution is 14.0. The molecule has 1 heterocycles. The Hall–Kier alpha value is -1.64. The predicted octanol–water partition coefficient (Wildman–Crippen LogP) is 3.99. The van der Waals surface area contributed by atoms with E-state index in [9.17, 15) is 0 Å². The van der Waals surface area contributed by atoms with Gasteiger partial charge in [0.2, 0.25) is 0 Å². The third-order valence-electron chi connectivity index (χ3n) is 5.75. The molecule has 2 aromatic rings. The van der Waals surface area contributed by atoms with Gasteiger partial charge in [-0.1, -0.05) is 60.7 Å². The highest BCUT2D eigenvalue weighted by Crippen LogP contribution is 2.23. The molecule has 0 aliphatic carbocycles. The van der Waals surface area contributed by atoms with Crippen LogP contribution in [0, 0.1) is 0 Å². The van der Waals surface area contributed by atoms with Crippen molar-refractivity contribution in [1.29, 1.82) is 0 Å². The summed E-state index contributed by atoms with van der Waals surface area (Å²) >= 11 is 0. The lowest BCUT2D eigenvalue weighted by Gasteiger charge is -2.36. The minimum Gasteiger partial charge on any atom is -0.381 e. The van der Waals surface area contributed by atoms with E-state index >= 15 is 0 Å². The smallest absolute Gasteiger partial charge is 0.191 e. The zero-order valence-electron chi connectivity index (χ0n) is 18.0. The van der Waals surface area contributed by atoms with Crippen molar-refractivity contribution < 1.29 is 9.47 Å². The summed E-state index contributed by atoms with van der Waals surface area (Å²) in [6.07, 6.45) is 2.77. The second kappa shape index (κ2) is 12.9. The molecule has 0 radical (unpaired) electrons. The third kappa shape index (κ3) is 7.25. The third-order valence-corrected chi connectivity index (χ3v) is 5.75. The van der Waals surface area contributed by atoms with E-state index in [0.717, 1.165) is 51.5 Å². The van der Waals surface area contributed by atoms with Crippen LogP contribution < -0.4 is 10.6 Å². The van der Waals surface area contributed by atoms with Crippen molar-refractivity contribution in [3.63, 3.8) is 0 Å². The molecule has 0 bridgehead atoms. The van der Waals surface area contributed by atoms with E-state index in [1.54, 1.807) is 7.11 Å². The molecule has 2 aromatic carbocycles. The van der Waals surface area contributed by atoms with Gasteiger partial charge in [0.25, 0.3) is 0 Å². The molecular formula is C24H34IN3O2. The first-order valence-electron chi connectivity index (χ1n) is 10.4. The maximum atomic E-state index is 5.82. The summed E-state index contributed by atoms with van der Waals surface area (Å²) in [5.41, 5.74) is 2.49. The summed E-state index contributed by atoms with van der Waals surface area (Å²) in [5.74, 6) is 1.17. The van der Waals surface area contributed by atoms with Gasteiger partial charge in [0.1, 0.15) is 0 Å². The lowest BCUT2D eigenvalue weighted by molar-refractivity contribution is -0.0855. The number of benzene rings is 2. The summed E-state index contributed by atoms with van der Waals surface area (Å²) in [6, 6.07) is 21.3. The van der Waals surface area contributed by atoms with Crippen LogP contribution in [-0.2, 0) is 15.9 Å². The van der Waals surface area contributed by atoms with E-state index in [-0.39, 0.29) is 29.6 Å². The number of nitrogens with zero attached hydrogens (tertiary/aromatic N) is 1. The minimum atomic E-state index is -0.182. The number of nitrogens with one attached hydrogen (secondary N) is 2. The Balaban J connectivity index is 0.00000320. The largest absolute Gasteiger partial charge is 0.381 e. The maximum absolute atomic E-state index is 5.82. The fourth-order valence-corrected chi connectivity index (χ4v) is 3.81. The molecule has 1 aliphatic rings. The Morgan fingerprint density at radius 3 is 2.27 bits per heavy atom. The van der Waals surface area contributed by atoms with Gasteiger partial charge in [0, 0.05) is 59.2 Å². The average molecular weight is 523 g/mol. The number of methoxy groups -OCH3 is 1. The molecule has 1 unspecified atom stereocenters. The number of aliphatic imine (C=N–C) groups is 1. The number of rotatable bonds is 8. The van der Waals surface area contributed by atoms with Crippen molar-refractivity contribution in [2.45, 2.75) is 30.8 Å². The van der Waals surface area contributed by atoms with Crippen molar-refractivity contribution in [2.24, 2.45) is 4.99 Å². The molecule has 3 rings (SSSR count). The summed E-state index contributed by atoms with van der Waals surface area (Å²) in [4.78, 5) is 4.42. The normalized spacial score (nSPS) is 16.9. The molecule has 0 saturated carbocycles. The molecular weight excluding hydrogens is 489 g/mol. The number of hydrogen-bond donors (Lipinski definition) is 2. The second-order valence-corrected chi connectivity index (χ2v) is 7.60. The molecule has 2 N–H and O–H groups in total. The van der Waals surface area contributed by atoms with Gasteiger partial charge >= 0.3 is 0 Å². The lowest BCUT2D eigenvalue weighted by Crippen LogP contribution is -2.51. The summed E-state index contributed by atoms with van der Waals surface area (Å²) < 4.78 is 11.3. The van der Waals surface area contributed by atoms with Crippen molar-refractivity contribution in [3.05, 3.63) is 71.8 Å². The molecule has 6 heteroatoms. The van der Waals surface area contributed by atoms with Gasteiger partial charge in [-0.15, -0.1) is 24.0 Å². The van der Waals surface area contributed by atoms with Crippen LogP contribution in [0.3, 0.4) is 0 Å². The highest BCUT2D eigenvalue weighted by atomic mass is 127. The van der Waals surface area contributed by atoms with Gasteiger partial charge < -0.3 is 20.1 Å². The fourth-order valence-electron chi connectivity index (χ4n) is 3.81. The van der Waals surface area contributed by atoms with Gasteiger partial charge in [0.15, 0.2) is 5.96 Å². The van der Waals surface area contributed by atoms with Crippen LogP contribution in [0.1, 0.15) is 29.9 Å². The molecule has 1 atom stereocenters. The first kappa shape index (κ1) is 24.6. The zero-order valence-corrected chi connectivity index (χ0v) is 20.3. The quantitative estimate of drug-likeness (QED) is 0.312. The summed E-state index contributed by atoms with van der Waals surface area (Å²) in [5, 5.41) is 6.98. The molecule has 0 aromatic heterocycles. The van der Waals surface area contributed by atoms with E-state index in [0.29, 0.717) is 5.92 Å². The highest BCUT2D eigenvalue weighted by Gasteiger charge is 2.32. The van der Waals surface area contributed by atoms with E-state index in [2.05, 4.69) is 76.3 Å². The Bertz CT molecular complexity index is 750. The number of hydrogen-bond acceptors (Lipinski definition) is 3. The van der Waals surface area contributed by atoms with Crippen molar-refractivity contribution >= 4 is 29.9 Å². The Kier molecular flexibility index (Phi) is 10.6. The average Bonchev–Trinajstić information content (AvgIpc) is 2.80. The van der Waals surface area contributed by atoms with Crippen LogP contribution >= 0.6 is 24.0 Å².